The molecule has 1 fully saturated rings. The predicted octanol–water partition coefficient (Wildman–Crippen LogP) is 5.58. The average Bonchev–Trinajstić information content (AvgIpc) is 3.51. The first-order chi connectivity index (χ1) is 17.2. The number of hydrogen-bond donors (Lipinski definition) is 1. The Labute approximate surface area is 203 Å². The van der Waals surface area contributed by atoms with Gasteiger partial charge in [-0.15, -0.1) is 0 Å². The molecule has 0 aliphatic carbocycles. The number of benzene rings is 3. The van der Waals surface area contributed by atoms with Gasteiger partial charge in [0.15, 0.2) is 17.2 Å². The molecule has 2 aliphatic heterocycles. The highest BCUT2D eigenvalue weighted by atomic mass is 19.1. The van der Waals surface area contributed by atoms with E-state index in [4.69, 9.17) is 14.2 Å². The molecule has 0 bridgehead atoms. The number of anilines is 1. The normalized spacial score (nSPS) is 15.6. The minimum atomic E-state index is -0.183. The van der Waals surface area contributed by atoms with Crippen LogP contribution in [-0.4, -0.2) is 49.4 Å². The van der Waals surface area contributed by atoms with E-state index < -0.39 is 0 Å². The van der Waals surface area contributed by atoms with Crippen LogP contribution in [0.4, 0.5) is 10.1 Å². The molecule has 3 aromatic carbocycles. The summed E-state index contributed by atoms with van der Waals surface area (Å²) in [5.41, 5.74) is 3.29. The van der Waals surface area contributed by atoms with Gasteiger partial charge < -0.3 is 24.1 Å². The average molecular weight is 474 g/mol. The fourth-order valence-electron chi connectivity index (χ4n) is 4.93. The lowest BCUT2D eigenvalue weighted by Crippen LogP contribution is -2.46. The maximum atomic E-state index is 13.6. The molecule has 0 saturated carbocycles. The second-order valence-electron chi connectivity index (χ2n) is 9.02. The van der Waals surface area contributed by atoms with Crippen LogP contribution in [0.5, 0.6) is 23.0 Å². The van der Waals surface area contributed by atoms with Crippen molar-refractivity contribution in [3.63, 3.8) is 0 Å². The number of rotatable bonds is 7. The lowest BCUT2D eigenvalue weighted by Gasteiger charge is -2.36. The minimum Gasteiger partial charge on any atom is -0.455 e. The summed E-state index contributed by atoms with van der Waals surface area (Å²) in [5.74, 6) is 2.85. The molecule has 7 heteroatoms. The van der Waals surface area contributed by atoms with Gasteiger partial charge in [-0.1, -0.05) is 12.1 Å². The van der Waals surface area contributed by atoms with Crippen LogP contribution in [0.1, 0.15) is 12.0 Å². The van der Waals surface area contributed by atoms with E-state index in [2.05, 4.69) is 26.9 Å². The number of aromatic amines is 1. The topological polar surface area (TPSA) is 50.0 Å². The zero-order chi connectivity index (χ0) is 23.6. The second-order valence-corrected chi connectivity index (χ2v) is 9.02. The number of fused-ring (bicyclic) bond motifs is 2. The third kappa shape index (κ3) is 4.64. The molecule has 180 valence electrons. The lowest BCUT2D eigenvalue weighted by molar-refractivity contribution is 0.174. The number of nitrogens with one attached hydrogen (secondary N) is 1. The SMILES string of the molecule is Fc1ccc2[nH]cc(CCCN3CCN(c4ccccc4Oc4ccc5c(c4)OCO5)CC3)c2c1. The molecule has 1 aromatic heterocycles. The standard InChI is InChI=1S/C28H28FN3O3/c29-21-7-9-24-23(16-21)20(18-30-24)4-3-11-31-12-14-32(15-13-31)25-5-1-2-6-26(25)35-22-8-10-27-28(17-22)34-19-33-27/h1-2,5-10,16-18,30H,3-4,11-15,19H2. The second kappa shape index (κ2) is 9.50. The van der Waals surface area contributed by atoms with Gasteiger partial charge in [-0.2, -0.15) is 0 Å². The monoisotopic (exact) mass is 473 g/mol. The van der Waals surface area contributed by atoms with Gasteiger partial charge in [-0.3, -0.25) is 4.90 Å². The Morgan fingerprint density at radius 3 is 2.69 bits per heavy atom. The van der Waals surface area contributed by atoms with Crippen LogP contribution in [-0.2, 0) is 6.42 Å². The van der Waals surface area contributed by atoms with Gasteiger partial charge in [-0.05, 0) is 67.4 Å². The molecule has 0 spiro atoms. The largest absolute Gasteiger partial charge is 0.455 e. The summed E-state index contributed by atoms with van der Waals surface area (Å²) in [4.78, 5) is 8.15. The molecule has 0 unspecified atom stereocenters. The summed E-state index contributed by atoms with van der Waals surface area (Å²) in [6.07, 6.45) is 4.00. The number of hydrogen-bond acceptors (Lipinski definition) is 5. The smallest absolute Gasteiger partial charge is 0.231 e. The Hall–Kier alpha value is -3.71. The van der Waals surface area contributed by atoms with Crippen LogP contribution in [0.2, 0.25) is 0 Å². The Morgan fingerprint density at radius 1 is 0.914 bits per heavy atom. The van der Waals surface area contributed by atoms with Crippen molar-refractivity contribution in [2.45, 2.75) is 12.8 Å². The molecule has 0 atom stereocenters. The van der Waals surface area contributed by atoms with E-state index in [1.807, 2.05) is 42.6 Å². The molecular weight excluding hydrogens is 445 g/mol. The van der Waals surface area contributed by atoms with Gasteiger partial charge in [0.2, 0.25) is 6.79 Å². The Balaban J connectivity index is 1.04. The van der Waals surface area contributed by atoms with Crippen LogP contribution in [0.3, 0.4) is 0 Å². The van der Waals surface area contributed by atoms with Crippen molar-refractivity contribution < 1.29 is 18.6 Å². The summed E-state index contributed by atoms with van der Waals surface area (Å²) in [6.45, 7) is 5.17. The molecule has 6 nitrogen and oxygen atoms in total. The number of piperazine rings is 1. The highest BCUT2D eigenvalue weighted by Gasteiger charge is 2.21. The highest BCUT2D eigenvalue weighted by molar-refractivity contribution is 5.83. The molecule has 0 amide bonds. The number of aromatic nitrogens is 1. The number of H-pyrrole nitrogens is 1. The zero-order valence-electron chi connectivity index (χ0n) is 19.5. The third-order valence-electron chi connectivity index (χ3n) is 6.80. The van der Waals surface area contributed by atoms with Crippen LogP contribution < -0.4 is 19.1 Å². The highest BCUT2D eigenvalue weighted by Crippen LogP contribution is 2.39. The van der Waals surface area contributed by atoms with E-state index in [-0.39, 0.29) is 12.6 Å². The fourth-order valence-corrected chi connectivity index (χ4v) is 4.93. The first-order valence-electron chi connectivity index (χ1n) is 12.1. The van der Waals surface area contributed by atoms with Crippen molar-refractivity contribution in [3.8, 4) is 23.0 Å². The van der Waals surface area contributed by atoms with Crippen molar-refractivity contribution >= 4 is 16.6 Å². The first-order valence-corrected chi connectivity index (χ1v) is 12.1. The van der Waals surface area contributed by atoms with Gasteiger partial charge >= 0.3 is 0 Å². The van der Waals surface area contributed by atoms with Crippen LogP contribution >= 0.6 is 0 Å². The quantitative estimate of drug-likeness (QED) is 0.380. The van der Waals surface area contributed by atoms with Crippen molar-refractivity contribution in [1.82, 2.24) is 9.88 Å². The minimum absolute atomic E-state index is 0.183. The van der Waals surface area contributed by atoms with Crippen molar-refractivity contribution in [2.24, 2.45) is 0 Å². The summed E-state index contributed by atoms with van der Waals surface area (Å²) in [5, 5.41) is 0.994. The van der Waals surface area contributed by atoms with Crippen LogP contribution in [0.15, 0.2) is 66.9 Å². The molecule has 35 heavy (non-hydrogen) atoms. The molecular formula is C28H28FN3O3. The Bertz CT molecular complexity index is 1330. The predicted molar refractivity (Wildman–Crippen MR) is 134 cm³/mol. The van der Waals surface area contributed by atoms with E-state index in [1.165, 1.54) is 11.6 Å². The number of halogens is 1. The van der Waals surface area contributed by atoms with Gasteiger partial charge in [0, 0.05) is 49.3 Å². The molecule has 0 radical (unpaired) electrons. The summed E-state index contributed by atoms with van der Waals surface area (Å²) < 4.78 is 30.8. The zero-order valence-corrected chi connectivity index (χ0v) is 19.5. The maximum absolute atomic E-state index is 13.6. The summed E-state index contributed by atoms with van der Waals surface area (Å²) >= 11 is 0. The van der Waals surface area contributed by atoms with E-state index >= 15 is 0 Å². The Kier molecular flexibility index (Phi) is 5.92. The van der Waals surface area contributed by atoms with Crippen molar-refractivity contribution in [3.05, 3.63) is 78.2 Å². The van der Waals surface area contributed by atoms with E-state index in [1.54, 1.807) is 6.07 Å². The van der Waals surface area contributed by atoms with Crippen LogP contribution in [0.25, 0.3) is 10.9 Å². The van der Waals surface area contributed by atoms with E-state index in [9.17, 15) is 4.39 Å². The van der Waals surface area contributed by atoms with Crippen LogP contribution in [0, 0.1) is 5.82 Å². The summed E-state index contributed by atoms with van der Waals surface area (Å²) in [7, 11) is 0. The van der Waals surface area contributed by atoms with E-state index in [0.717, 1.165) is 79.4 Å². The molecule has 1 N–H and O–H groups in total. The molecule has 4 aromatic rings. The summed E-state index contributed by atoms with van der Waals surface area (Å²) in [6, 6.07) is 18.8. The number of para-hydroxylation sites is 2. The molecule has 6 rings (SSSR count). The molecule has 3 heterocycles. The molecule has 1 saturated heterocycles. The van der Waals surface area contributed by atoms with Gasteiger partial charge in [0.1, 0.15) is 11.6 Å². The van der Waals surface area contributed by atoms with Crippen molar-refractivity contribution in [2.75, 3.05) is 44.4 Å². The van der Waals surface area contributed by atoms with Crippen molar-refractivity contribution in [1.29, 1.82) is 0 Å². The fraction of sp³-hybridized carbons (Fsp3) is 0.286. The van der Waals surface area contributed by atoms with Gasteiger partial charge in [-0.25, -0.2) is 4.39 Å². The first kappa shape index (κ1) is 21.8. The Morgan fingerprint density at radius 2 is 1.77 bits per heavy atom. The number of nitrogens with zero attached hydrogens (tertiary/aromatic N) is 2. The van der Waals surface area contributed by atoms with Gasteiger partial charge in [0.25, 0.3) is 0 Å². The maximum Gasteiger partial charge on any atom is 0.231 e. The van der Waals surface area contributed by atoms with E-state index in [0.29, 0.717) is 5.75 Å². The number of ether oxygens (including phenoxy) is 3. The lowest BCUT2D eigenvalue weighted by atomic mass is 10.1. The van der Waals surface area contributed by atoms with Gasteiger partial charge in [0.05, 0.1) is 5.69 Å². The number of aryl methyl sites for hydroxylation is 1. The molecule has 2 aliphatic rings. The third-order valence-corrected chi connectivity index (χ3v) is 6.80.